The lowest BCUT2D eigenvalue weighted by molar-refractivity contribution is 0.462. The second-order valence-electron chi connectivity index (χ2n) is 14.2. The molecule has 0 radical (unpaired) electrons. The van der Waals surface area contributed by atoms with Gasteiger partial charge in [-0.3, -0.25) is 0 Å². The molecule has 60 heavy (non-hydrogen) atoms. The van der Waals surface area contributed by atoms with Crippen molar-refractivity contribution in [2.75, 3.05) is 0 Å². The minimum Gasteiger partial charge on any atom is -0.456 e. The number of hydrogen-bond donors (Lipinski definition) is 0. The third-order valence-electron chi connectivity index (χ3n) is 11.3. The van der Waals surface area contributed by atoms with Crippen molar-refractivity contribution >= 4 is 88.5 Å². The number of ether oxygens (including phenoxy) is 2. The normalized spacial score (nSPS) is 18.5. The number of nitrogens with zero attached hydrogens (tertiary/aromatic N) is 3. The monoisotopic (exact) mass is 789 g/mol. The zero-order valence-corrected chi connectivity index (χ0v) is 30.4. The molecular formula is C54H32BN3O2. The highest BCUT2D eigenvalue weighted by Gasteiger charge is 2.43. The van der Waals surface area contributed by atoms with E-state index in [2.05, 4.69) is 0 Å². The molecule has 5 nitrogen and oxygen atoms in total. The van der Waals surface area contributed by atoms with Gasteiger partial charge < -0.3 is 23.2 Å². The molecule has 3 aromatic heterocycles. The standard InChI is InChI=1S/C54H32BN3O2/c1-8-22-42-34(15-1)35-16-2-9-23-43(35)56(42)33-29-30-41-51(31-33)60-54-49(58-46-26-12-5-19-38(46)39-20-6-13-27-47(39)58)32-48(53-52(54)55(41)40-21-7-14-28-50(40)59-53)57-44-24-10-3-17-36(44)37-18-4-11-25-45(37)57/h1-32H/i1D,2D,3D,4D,5D,6D,8D,9D,10D,11D,12D,13D,15D,16D,17D,18D,19D,20D,22D,23D,24D,25D,26D,27D. The van der Waals surface area contributed by atoms with Crippen molar-refractivity contribution in [1.82, 2.24) is 13.7 Å². The molecule has 14 rings (SSSR count). The highest BCUT2D eigenvalue weighted by molar-refractivity contribution is 6.98. The topological polar surface area (TPSA) is 33.2 Å². The van der Waals surface area contributed by atoms with Crippen LogP contribution in [0.15, 0.2) is 194 Å². The van der Waals surface area contributed by atoms with Crippen molar-refractivity contribution in [1.29, 1.82) is 0 Å². The smallest absolute Gasteiger partial charge is 0.260 e. The first-order chi connectivity index (χ1) is 39.8. The molecule has 0 aliphatic carbocycles. The maximum absolute atomic E-state index is 9.56. The lowest BCUT2D eigenvalue weighted by Gasteiger charge is -2.36. The summed E-state index contributed by atoms with van der Waals surface area (Å²) in [6, 6.07) is -3.86. The first-order valence-electron chi connectivity index (χ1n) is 30.6. The summed E-state index contributed by atoms with van der Waals surface area (Å²) < 4.78 is 235. The van der Waals surface area contributed by atoms with Gasteiger partial charge in [0.25, 0.3) is 6.71 Å². The molecule has 0 atom stereocenters. The number of para-hydroxylation sites is 7. The van der Waals surface area contributed by atoms with E-state index in [1.165, 1.54) is 27.3 Å². The van der Waals surface area contributed by atoms with E-state index in [0.717, 1.165) is 4.57 Å². The van der Waals surface area contributed by atoms with E-state index in [0.29, 0.717) is 10.9 Å². The Morgan fingerprint density at radius 1 is 0.383 bits per heavy atom. The van der Waals surface area contributed by atoms with Gasteiger partial charge in [0, 0.05) is 49.5 Å². The number of aromatic nitrogens is 3. The Kier molecular flexibility index (Phi) is 3.37. The van der Waals surface area contributed by atoms with Crippen LogP contribution < -0.4 is 25.9 Å². The van der Waals surface area contributed by atoms with Crippen LogP contribution >= 0.6 is 0 Å². The highest BCUT2D eigenvalue weighted by atomic mass is 16.5. The predicted molar refractivity (Wildman–Crippen MR) is 247 cm³/mol. The van der Waals surface area contributed by atoms with E-state index in [1.807, 2.05) is 0 Å². The second kappa shape index (κ2) is 11.8. The van der Waals surface area contributed by atoms with Crippen LogP contribution in [0, 0.1) is 0 Å². The zero-order valence-electron chi connectivity index (χ0n) is 54.4. The van der Waals surface area contributed by atoms with Gasteiger partial charge in [-0.15, -0.1) is 0 Å². The van der Waals surface area contributed by atoms with Gasteiger partial charge in [-0.1, -0.05) is 133 Å². The minimum absolute atomic E-state index is 0.0250. The van der Waals surface area contributed by atoms with Crippen LogP contribution in [-0.4, -0.2) is 20.4 Å². The van der Waals surface area contributed by atoms with Gasteiger partial charge in [0.05, 0.1) is 77.4 Å². The van der Waals surface area contributed by atoms with E-state index in [9.17, 15) is 13.7 Å². The molecule has 0 saturated carbocycles. The van der Waals surface area contributed by atoms with E-state index in [1.54, 1.807) is 30.3 Å². The van der Waals surface area contributed by atoms with Crippen LogP contribution in [0.3, 0.4) is 0 Å². The van der Waals surface area contributed by atoms with E-state index in [4.69, 9.17) is 28.7 Å². The maximum atomic E-state index is 9.56. The SMILES string of the molecule is [2H]c1c([2H])c([2H])c2c(c1[2H])c1c([2H])c([2H])c([2H])c([2H])c1n2-c1ccc2c(c1)Oc1c(-n3c4c([2H])c([2H])c([2H])c([2H])c4c4c([2H])c([2H])c([2H])c([2H])c43)cc(-n3c4c([2H])c([2H])c([2H])c([2H])c4c4c([2H])c([2H])c([2H])c([2H])c43)c3c1B2c1ccccc1O3. The van der Waals surface area contributed by atoms with Gasteiger partial charge in [-0.2, -0.15) is 0 Å². The fraction of sp³-hybridized carbons (Fsp3) is 0. The molecule has 0 spiro atoms. The van der Waals surface area contributed by atoms with Crippen LogP contribution in [0.4, 0.5) is 0 Å². The van der Waals surface area contributed by atoms with E-state index >= 15 is 0 Å². The molecule has 9 aromatic carbocycles. The quantitative estimate of drug-likeness (QED) is 0.167. The van der Waals surface area contributed by atoms with Crippen LogP contribution in [0.2, 0.25) is 0 Å². The third kappa shape index (κ3) is 4.16. The summed E-state index contributed by atoms with van der Waals surface area (Å²) in [4.78, 5) is 0. The Bertz CT molecular complexity index is 5000. The molecule has 2 aliphatic rings. The van der Waals surface area contributed by atoms with Crippen molar-refractivity contribution < 1.29 is 42.4 Å². The molecular weight excluding hydrogens is 733 g/mol. The fourth-order valence-corrected chi connectivity index (χ4v) is 8.95. The summed E-state index contributed by atoms with van der Waals surface area (Å²) in [7, 11) is 0. The molecule has 5 heterocycles. The number of rotatable bonds is 3. The molecule has 0 fully saturated rings. The van der Waals surface area contributed by atoms with Gasteiger partial charge in [-0.05, 0) is 65.4 Å². The summed E-state index contributed by atoms with van der Waals surface area (Å²) >= 11 is 0. The van der Waals surface area contributed by atoms with Gasteiger partial charge in [0.1, 0.15) is 11.5 Å². The number of fused-ring (bicyclic) bond motifs is 13. The predicted octanol–water partition coefficient (Wildman–Crippen LogP) is 11.7. The first-order valence-corrected chi connectivity index (χ1v) is 18.6. The Labute approximate surface area is 378 Å². The van der Waals surface area contributed by atoms with Crippen LogP contribution in [0.1, 0.15) is 32.9 Å². The average Bonchev–Trinajstić information content (AvgIpc) is 1.46. The van der Waals surface area contributed by atoms with Crippen molar-refractivity contribution in [2.45, 2.75) is 0 Å². The van der Waals surface area contributed by atoms with Crippen LogP contribution in [-0.2, 0) is 0 Å². The molecule has 0 amide bonds. The van der Waals surface area contributed by atoms with Gasteiger partial charge in [-0.25, -0.2) is 0 Å². The molecule has 2 aliphatic heterocycles. The summed E-state index contributed by atoms with van der Waals surface area (Å²) in [5.41, 5.74) is -1.42. The Morgan fingerprint density at radius 2 is 0.767 bits per heavy atom. The molecule has 0 N–H and O–H groups in total. The Hall–Kier alpha value is -7.96. The van der Waals surface area contributed by atoms with Crippen molar-refractivity contribution in [2.24, 2.45) is 0 Å². The lowest BCUT2D eigenvalue weighted by atomic mass is 9.34. The summed E-state index contributed by atoms with van der Waals surface area (Å²) in [6.07, 6.45) is 0. The van der Waals surface area contributed by atoms with E-state index < -0.39 is 152 Å². The zero-order chi connectivity index (χ0) is 59.9. The Morgan fingerprint density at radius 3 is 1.23 bits per heavy atom. The summed E-state index contributed by atoms with van der Waals surface area (Å²) in [6.45, 7) is -1.07. The third-order valence-corrected chi connectivity index (χ3v) is 11.3. The summed E-state index contributed by atoms with van der Waals surface area (Å²) in [5.74, 6) is -0.175. The number of benzene rings is 9. The van der Waals surface area contributed by atoms with Gasteiger partial charge in [0.2, 0.25) is 0 Å². The van der Waals surface area contributed by atoms with Crippen molar-refractivity contribution in [3.05, 3.63) is 194 Å². The largest absolute Gasteiger partial charge is 0.456 e. The van der Waals surface area contributed by atoms with Crippen molar-refractivity contribution in [3.8, 4) is 40.1 Å². The Balaban J connectivity index is 1.21. The average molecular weight is 790 g/mol. The van der Waals surface area contributed by atoms with Crippen molar-refractivity contribution in [3.63, 3.8) is 0 Å². The van der Waals surface area contributed by atoms with Gasteiger partial charge in [0.15, 0.2) is 11.5 Å². The lowest BCUT2D eigenvalue weighted by Crippen LogP contribution is -2.57. The van der Waals surface area contributed by atoms with Crippen LogP contribution in [0.25, 0.3) is 82.5 Å². The molecule has 278 valence electrons. The molecule has 0 saturated heterocycles. The number of hydrogen-bond acceptors (Lipinski definition) is 2. The second-order valence-corrected chi connectivity index (χ2v) is 14.2. The molecule has 0 unspecified atom stereocenters. The minimum atomic E-state index is -1.07. The van der Waals surface area contributed by atoms with Crippen LogP contribution in [0.5, 0.6) is 23.0 Å². The highest BCUT2D eigenvalue weighted by Crippen LogP contribution is 2.47. The molecule has 12 aromatic rings. The van der Waals surface area contributed by atoms with Gasteiger partial charge >= 0.3 is 0 Å². The first kappa shape index (κ1) is 17.1. The molecule has 0 bridgehead atoms. The summed E-state index contributed by atoms with van der Waals surface area (Å²) in [5, 5.41) is -1.71. The molecule has 6 heteroatoms. The fourth-order valence-electron chi connectivity index (χ4n) is 8.95. The van der Waals surface area contributed by atoms with E-state index in [-0.39, 0.29) is 111 Å². The maximum Gasteiger partial charge on any atom is 0.260 e.